The normalized spacial score (nSPS) is 16.6. The Morgan fingerprint density at radius 3 is 2.70 bits per heavy atom. The lowest BCUT2D eigenvalue weighted by Gasteiger charge is -2.12. The van der Waals surface area contributed by atoms with Crippen LogP contribution in [0.2, 0.25) is 0 Å². The Labute approximate surface area is 127 Å². The van der Waals surface area contributed by atoms with Crippen molar-refractivity contribution < 1.29 is 4.74 Å². The fourth-order valence-corrected chi connectivity index (χ4v) is 3.52. The third-order valence-electron chi connectivity index (χ3n) is 3.60. The summed E-state index contributed by atoms with van der Waals surface area (Å²) in [6.45, 7) is 8.26. The summed E-state index contributed by atoms with van der Waals surface area (Å²) in [7, 11) is 0. The van der Waals surface area contributed by atoms with Crippen molar-refractivity contribution in [3.63, 3.8) is 0 Å². The SMILES string of the molecule is CCCc1nc(C(CCC)OCC)sc1CNC1CC1. The molecule has 1 saturated carbocycles. The summed E-state index contributed by atoms with van der Waals surface area (Å²) in [6, 6.07) is 0.758. The molecule has 1 aromatic heterocycles. The maximum Gasteiger partial charge on any atom is 0.122 e. The van der Waals surface area contributed by atoms with Crippen LogP contribution in [0.4, 0.5) is 0 Å². The molecule has 1 N–H and O–H groups in total. The molecular formula is C16H28N2OS. The second-order valence-electron chi connectivity index (χ2n) is 5.56. The van der Waals surface area contributed by atoms with Gasteiger partial charge >= 0.3 is 0 Å². The summed E-state index contributed by atoms with van der Waals surface area (Å²) in [5, 5.41) is 4.80. The Hall–Kier alpha value is -0.450. The maximum absolute atomic E-state index is 5.88. The molecule has 0 aliphatic heterocycles. The van der Waals surface area contributed by atoms with E-state index in [4.69, 9.17) is 9.72 Å². The molecule has 1 aliphatic carbocycles. The number of hydrogen-bond donors (Lipinski definition) is 1. The largest absolute Gasteiger partial charge is 0.371 e. The minimum Gasteiger partial charge on any atom is -0.371 e. The molecule has 4 heteroatoms. The molecule has 114 valence electrons. The summed E-state index contributed by atoms with van der Waals surface area (Å²) in [5.74, 6) is 0. The highest BCUT2D eigenvalue weighted by Gasteiger charge is 2.23. The number of nitrogens with one attached hydrogen (secondary N) is 1. The van der Waals surface area contributed by atoms with E-state index in [-0.39, 0.29) is 6.10 Å². The topological polar surface area (TPSA) is 34.1 Å². The number of aromatic nitrogens is 1. The molecule has 0 aromatic carbocycles. The monoisotopic (exact) mass is 296 g/mol. The second-order valence-corrected chi connectivity index (χ2v) is 6.68. The highest BCUT2D eigenvalue weighted by Crippen LogP contribution is 2.31. The number of hydrogen-bond acceptors (Lipinski definition) is 4. The number of aryl methyl sites for hydroxylation is 1. The molecule has 1 aliphatic rings. The minimum absolute atomic E-state index is 0.195. The Morgan fingerprint density at radius 2 is 2.10 bits per heavy atom. The quantitative estimate of drug-likeness (QED) is 0.702. The van der Waals surface area contributed by atoms with Crippen LogP contribution in [0, 0.1) is 0 Å². The third kappa shape index (κ3) is 4.54. The van der Waals surface area contributed by atoms with Gasteiger partial charge < -0.3 is 10.1 Å². The number of thiazole rings is 1. The Bertz CT molecular complexity index is 395. The van der Waals surface area contributed by atoms with Gasteiger partial charge in [0.05, 0.1) is 5.69 Å². The number of rotatable bonds is 10. The van der Waals surface area contributed by atoms with Gasteiger partial charge in [-0.1, -0.05) is 26.7 Å². The van der Waals surface area contributed by atoms with Crippen LogP contribution in [0.3, 0.4) is 0 Å². The smallest absolute Gasteiger partial charge is 0.122 e. The van der Waals surface area contributed by atoms with Crippen LogP contribution in [-0.2, 0) is 17.7 Å². The van der Waals surface area contributed by atoms with E-state index in [9.17, 15) is 0 Å². The average molecular weight is 296 g/mol. The highest BCUT2D eigenvalue weighted by molar-refractivity contribution is 7.11. The summed E-state index contributed by atoms with van der Waals surface area (Å²) >= 11 is 1.86. The van der Waals surface area contributed by atoms with Gasteiger partial charge in [0.2, 0.25) is 0 Å². The molecule has 1 fully saturated rings. The maximum atomic E-state index is 5.88. The zero-order valence-corrected chi connectivity index (χ0v) is 13.9. The molecule has 1 heterocycles. The molecule has 1 atom stereocenters. The van der Waals surface area contributed by atoms with Gasteiger partial charge in [-0.15, -0.1) is 11.3 Å². The Kier molecular flexibility index (Phi) is 6.46. The Morgan fingerprint density at radius 1 is 1.30 bits per heavy atom. The van der Waals surface area contributed by atoms with Gasteiger partial charge in [-0.2, -0.15) is 0 Å². The van der Waals surface area contributed by atoms with Gasteiger partial charge in [-0.3, -0.25) is 0 Å². The van der Waals surface area contributed by atoms with Gasteiger partial charge in [0.1, 0.15) is 11.1 Å². The molecule has 0 amide bonds. The van der Waals surface area contributed by atoms with Crippen molar-refractivity contribution in [2.75, 3.05) is 6.61 Å². The van der Waals surface area contributed by atoms with Crippen molar-refractivity contribution in [3.8, 4) is 0 Å². The van der Waals surface area contributed by atoms with E-state index in [1.807, 2.05) is 11.3 Å². The van der Waals surface area contributed by atoms with Gasteiger partial charge in [0.25, 0.3) is 0 Å². The highest BCUT2D eigenvalue weighted by atomic mass is 32.1. The van der Waals surface area contributed by atoms with Crippen molar-refractivity contribution in [3.05, 3.63) is 15.6 Å². The van der Waals surface area contributed by atoms with Crippen LogP contribution in [0.1, 0.15) is 74.6 Å². The average Bonchev–Trinajstić information content (AvgIpc) is 3.18. The number of nitrogens with zero attached hydrogens (tertiary/aromatic N) is 1. The summed E-state index contributed by atoms with van der Waals surface area (Å²) in [5.41, 5.74) is 1.29. The molecule has 0 bridgehead atoms. The first-order valence-electron chi connectivity index (χ1n) is 8.11. The van der Waals surface area contributed by atoms with E-state index >= 15 is 0 Å². The Balaban J connectivity index is 2.07. The van der Waals surface area contributed by atoms with Crippen LogP contribution in [0.5, 0.6) is 0 Å². The van der Waals surface area contributed by atoms with E-state index in [0.29, 0.717) is 0 Å². The van der Waals surface area contributed by atoms with Crippen LogP contribution < -0.4 is 5.32 Å². The molecule has 0 saturated heterocycles. The molecule has 1 unspecified atom stereocenters. The molecule has 1 aromatic rings. The molecule has 0 spiro atoms. The molecule has 2 rings (SSSR count). The molecule has 20 heavy (non-hydrogen) atoms. The zero-order chi connectivity index (χ0) is 14.4. The van der Waals surface area contributed by atoms with Crippen LogP contribution in [0.25, 0.3) is 0 Å². The standard InChI is InChI=1S/C16H28N2OS/c1-4-7-13-15(11-17-12-9-10-12)20-16(18-13)14(8-5-2)19-6-3/h12,14,17H,4-11H2,1-3H3. The van der Waals surface area contributed by atoms with E-state index in [2.05, 4.69) is 26.1 Å². The summed E-state index contributed by atoms with van der Waals surface area (Å²) < 4.78 is 5.88. The van der Waals surface area contributed by atoms with Crippen molar-refractivity contribution in [2.24, 2.45) is 0 Å². The molecular weight excluding hydrogens is 268 g/mol. The van der Waals surface area contributed by atoms with Crippen LogP contribution in [0.15, 0.2) is 0 Å². The van der Waals surface area contributed by atoms with Crippen molar-refractivity contribution in [1.29, 1.82) is 0 Å². The lowest BCUT2D eigenvalue weighted by molar-refractivity contribution is 0.0554. The molecule has 0 radical (unpaired) electrons. The van der Waals surface area contributed by atoms with Crippen LogP contribution >= 0.6 is 11.3 Å². The van der Waals surface area contributed by atoms with E-state index in [1.165, 1.54) is 28.4 Å². The fourth-order valence-electron chi connectivity index (χ4n) is 2.38. The molecule has 3 nitrogen and oxygen atoms in total. The van der Waals surface area contributed by atoms with E-state index in [1.54, 1.807) is 0 Å². The van der Waals surface area contributed by atoms with Gasteiger partial charge in [-0.25, -0.2) is 4.98 Å². The third-order valence-corrected chi connectivity index (χ3v) is 4.79. The summed E-state index contributed by atoms with van der Waals surface area (Å²) in [4.78, 5) is 6.31. The summed E-state index contributed by atoms with van der Waals surface area (Å²) in [6.07, 6.45) is 7.33. The predicted molar refractivity (Wildman–Crippen MR) is 85.2 cm³/mol. The van der Waals surface area contributed by atoms with Crippen molar-refractivity contribution in [2.45, 2.75) is 78.0 Å². The van der Waals surface area contributed by atoms with Crippen LogP contribution in [-0.4, -0.2) is 17.6 Å². The first-order valence-corrected chi connectivity index (χ1v) is 8.93. The second kappa shape index (κ2) is 8.11. The lowest BCUT2D eigenvalue weighted by atomic mass is 10.2. The van der Waals surface area contributed by atoms with Gasteiger partial charge in [0, 0.05) is 24.1 Å². The first kappa shape index (κ1) is 15.9. The predicted octanol–water partition coefficient (Wildman–Crippen LogP) is 4.23. The van der Waals surface area contributed by atoms with Gasteiger partial charge in [0.15, 0.2) is 0 Å². The fraction of sp³-hybridized carbons (Fsp3) is 0.812. The van der Waals surface area contributed by atoms with Crippen molar-refractivity contribution >= 4 is 11.3 Å². The number of ether oxygens (including phenoxy) is 1. The minimum atomic E-state index is 0.195. The van der Waals surface area contributed by atoms with E-state index in [0.717, 1.165) is 44.9 Å². The van der Waals surface area contributed by atoms with Gasteiger partial charge in [-0.05, 0) is 32.6 Å². The lowest BCUT2D eigenvalue weighted by Crippen LogP contribution is -2.15. The zero-order valence-electron chi connectivity index (χ0n) is 13.1. The van der Waals surface area contributed by atoms with E-state index < -0.39 is 0 Å². The van der Waals surface area contributed by atoms with Crippen molar-refractivity contribution in [1.82, 2.24) is 10.3 Å². The first-order chi connectivity index (χ1) is 9.78.